The van der Waals surface area contributed by atoms with E-state index in [1.54, 1.807) is 11.1 Å². The Morgan fingerprint density at radius 3 is 1.43 bits per heavy atom. The number of hydrogen-bond donors (Lipinski definition) is 0. The number of benzene rings is 1. The number of hydrogen-bond acceptors (Lipinski definition) is 0. The number of rotatable bonds is 0. The second kappa shape index (κ2) is 1.39. The predicted molar refractivity (Wildman–Crippen MR) is 52.9 cm³/mol. The summed E-state index contributed by atoms with van der Waals surface area (Å²) in [7, 11) is 0. The Morgan fingerprint density at radius 1 is 0.571 bits per heavy atom. The molecule has 68 valence electrons. The van der Waals surface area contributed by atoms with Crippen molar-refractivity contribution >= 4 is 0 Å². The van der Waals surface area contributed by atoms with E-state index in [9.17, 15) is 0 Å². The molecular formula is C14H12. The molecule has 1 aromatic carbocycles. The minimum atomic E-state index is 1.03. The SMILES string of the molecule is c1ccc2c(c1)C1[C@@H]3C4C5[C@H]3C2[C@@H]5[C@H]14. The third-order valence-electron chi connectivity index (χ3n) is 6.48. The molecule has 14 heavy (non-hydrogen) atoms. The molecular weight excluding hydrogens is 168 g/mol. The van der Waals surface area contributed by atoms with Gasteiger partial charge in [0.15, 0.2) is 0 Å². The molecule has 8 atom stereocenters. The average molecular weight is 180 g/mol. The van der Waals surface area contributed by atoms with Crippen LogP contribution in [-0.4, -0.2) is 0 Å². The lowest BCUT2D eigenvalue weighted by Gasteiger charge is -2.93. The minimum Gasteiger partial charge on any atom is -0.0620 e. The second-order valence-electron chi connectivity index (χ2n) is 6.14. The molecule has 4 saturated carbocycles. The van der Waals surface area contributed by atoms with Gasteiger partial charge in [0.05, 0.1) is 0 Å². The molecule has 7 rings (SSSR count). The first-order valence-electron chi connectivity index (χ1n) is 6.07. The van der Waals surface area contributed by atoms with Crippen molar-refractivity contribution in [2.75, 3.05) is 0 Å². The summed E-state index contributed by atoms with van der Waals surface area (Å²) in [6.45, 7) is 0. The predicted octanol–water partition coefficient (Wildman–Crippen LogP) is 2.62. The first-order chi connectivity index (χ1) is 6.98. The summed E-state index contributed by atoms with van der Waals surface area (Å²) in [5, 5.41) is 0. The van der Waals surface area contributed by atoms with E-state index in [-0.39, 0.29) is 0 Å². The van der Waals surface area contributed by atoms with Crippen molar-refractivity contribution < 1.29 is 0 Å². The zero-order chi connectivity index (χ0) is 8.60. The first-order valence-corrected chi connectivity index (χ1v) is 6.07. The van der Waals surface area contributed by atoms with Crippen molar-refractivity contribution in [1.82, 2.24) is 0 Å². The molecule has 0 spiro atoms. The minimum absolute atomic E-state index is 1.03. The molecule has 0 radical (unpaired) electrons. The van der Waals surface area contributed by atoms with E-state index in [1.165, 1.54) is 11.8 Å². The van der Waals surface area contributed by atoms with E-state index >= 15 is 0 Å². The lowest BCUT2D eigenvalue weighted by Crippen LogP contribution is -2.87. The average Bonchev–Trinajstić information content (AvgIpc) is 2.20. The zero-order valence-corrected chi connectivity index (χ0v) is 7.93. The van der Waals surface area contributed by atoms with Crippen LogP contribution < -0.4 is 0 Å². The van der Waals surface area contributed by atoms with Crippen molar-refractivity contribution in [2.24, 2.45) is 35.5 Å². The second-order valence-corrected chi connectivity index (χ2v) is 6.14. The largest absolute Gasteiger partial charge is 0.0620 e. The van der Waals surface area contributed by atoms with Gasteiger partial charge in [0, 0.05) is 0 Å². The third kappa shape index (κ3) is 0.303. The fourth-order valence-corrected chi connectivity index (χ4v) is 6.36. The van der Waals surface area contributed by atoms with Gasteiger partial charge in [0.25, 0.3) is 0 Å². The van der Waals surface area contributed by atoms with Gasteiger partial charge >= 0.3 is 0 Å². The lowest BCUT2D eigenvalue weighted by atomic mass is 9.11. The van der Waals surface area contributed by atoms with Crippen LogP contribution in [0.4, 0.5) is 0 Å². The third-order valence-corrected chi connectivity index (χ3v) is 6.48. The van der Waals surface area contributed by atoms with E-state index in [1.807, 2.05) is 0 Å². The molecule has 6 aliphatic carbocycles. The van der Waals surface area contributed by atoms with E-state index in [2.05, 4.69) is 24.3 Å². The van der Waals surface area contributed by atoms with Gasteiger partial charge in [0.1, 0.15) is 0 Å². The summed E-state index contributed by atoms with van der Waals surface area (Å²) >= 11 is 0. The van der Waals surface area contributed by atoms with Gasteiger partial charge in [-0.1, -0.05) is 24.3 Å². The molecule has 0 heterocycles. The molecule has 0 nitrogen and oxygen atoms in total. The maximum atomic E-state index is 2.42. The summed E-state index contributed by atoms with van der Waals surface area (Å²) in [5.41, 5.74) is 3.52. The highest BCUT2D eigenvalue weighted by atomic mass is 14.9. The maximum absolute atomic E-state index is 2.42. The van der Waals surface area contributed by atoms with E-state index in [4.69, 9.17) is 0 Å². The Balaban J connectivity index is 1.75. The van der Waals surface area contributed by atoms with E-state index in [0.29, 0.717) is 0 Å². The van der Waals surface area contributed by atoms with Crippen molar-refractivity contribution in [1.29, 1.82) is 0 Å². The quantitative estimate of drug-likeness (QED) is 0.575. The molecule has 0 aliphatic heterocycles. The molecule has 0 N–H and O–H groups in total. The summed E-state index contributed by atoms with van der Waals surface area (Å²) in [4.78, 5) is 0. The Bertz CT molecular complexity index is 424. The molecule has 6 aliphatic rings. The van der Waals surface area contributed by atoms with Crippen LogP contribution in [-0.2, 0) is 0 Å². The molecule has 1 aromatic rings. The Hall–Kier alpha value is -0.780. The van der Waals surface area contributed by atoms with Crippen LogP contribution in [0.3, 0.4) is 0 Å². The Labute approximate surface area is 83.3 Å². The zero-order valence-electron chi connectivity index (χ0n) is 7.93. The van der Waals surface area contributed by atoms with Gasteiger partial charge in [-0.25, -0.2) is 0 Å². The van der Waals surface area contributed by atoms with Gasteiger partial charge < -0.3 is 0 Å². The van der Waals surface area contributed by atoms with Crippen molar-refractivity contribution in [3.8, 4) is 0 Å². The molecule has 4 fully saturated rings. The fraction of sp³-hybridized carbons (Fsp3) is 0.571. The molecule has 0 saturated heterocycles. The van der Waals surface area contributed by atoms with Gasteiger partial charge in [-0.3, -0.25) is 0 Å². The van der Waals surface area contributed by atoms with E-state index in [0.717, 1.165) is 35.5 Å². The highest BCUT2D eigenvalue weighted by Crippen LogP contribution is 2.94. The smallest absolute Gasteiger partial charge is 0.00908 e. The first kappa shape index (κ1) is 5.95. The summed E-state index contributed by atoms with van der Waals surface area (Å²) < 4.78 is 0. The Morgan fingerprint density at radius 2 is 1.00 bits per heavy atom. The topological polar surface area (TPSA) is 0 Å². The molecule has 0 aromatic heterocycles. The summed E-state index contributed by atoms with van der Waals surface area (Å²) in [5.74, 6) is 9.15. The summed E-state index contributed by atoms with van der Waals surface area (Å²) in [6.07, 6.45) is 0. The van der Waals surface area contributed by atoms with Gasteiger partial charge in [-0.15, -0.1) is 0 Å². The van der Waals surface area contributed by atoms with Crippen LogP contribution in [0.5, 0.6) is 0 Å². The van der Waals surface area contributed by atoms with Crippen molar-refractivity contribution in [3.63, 3.8) is 0 Å². The maximum Gasteiger partial charge on any atom is -0.00908 e. The Kier molecular flexibility index (Phi) is 0.592. The van der Waals surface area contributed by atoms with Crippen molar-refractivity contribution in [2.45, 2.75) is 11.8 Å². The van der Waals surface area contributed by atoms with Crippen LogP contribution in [0.1, 0.15) is 23.0 Å². The van der Waals surface area contributed by atoms with Crippen LogP contribution in [0.25, 0.3) is 0 Å². The van der Waals surface area contributed by atoms with Crippen molar-refractivity contribution in [3.05, 3.63) is 35.4 Å². The fourth-order valence-electron chi connectivity index (χ4n) is 6.36. The van der Waals surface area contributed by atoms with E-state index < -0.39 is 0 Å². The molecule has 0 amide bonds. The standard InChI is InChI=1S/C14H12/c1-2-4-6-5(3-1)7-9-11-8(6)12-10(7)13(9)14(11)12/h1-4,7-14H/t7?,8?,9-,10-,11-,12+,13?,14?/m0/s1. The van der Waals surface area contributed by atoms with Crippen LogP contribution in [0.15, 0.2) is 24.3 Å². The summed E-state index contributed by atoms with van der Waals surface area (Å²) in [6, 6.07) is 9.33. The van der Waals surface area contributed by atoms with Crippen LogP contribution >= 0.6 is 0 Å². The monoisotopic (exact) mass is 180 g/mol. The van der Waals surface area contributed by atoms with Gasteiger partial charge in [-0.05, 0) is 58.5 Å². The molecule has 0 heteroatoms. The van der Waals surface area contributed by atoms with Crippen LogP contribution in [0, 0.1) is 35.5 Å². The normalized spacial score (nSPS) is 66.6. The molecule has 2 bridgehead atoms. The lowest BCUT2D eigenvalue weighted by molar-refractivity contribution is -0.407. The molecule has 4 unspecified atom stereocenters. The van der Waals surface area contributed by atoms with Crippen LogP contribution in [0.2, 0.25) is 0 Å². The highest BCUT2D eigenvalue weighted by molar-refractivity contribution is 5.55. The highest BCUT2D eigenvalue weighted by Gasteiger charge is 2.88. The van der Waals surface area contributed by atoms with Gasteiger partial charge in [0.2, 0.25) is 0 Å². The van der Waals surface area contributed by atoms with Gasteiger partial charge in [-0.2, -0.15) is 0 Å².